The average Bonchev–Trinajstić information content (AvgIpc) is 3.43. The Hall–Kier alpha value is -2.25. The Bertz CT molecular complexity index is 992. The fourth-order valence-corrected chi connectivity index (χ4v) is 4.41. The van der Waals surface area contributed by atoms with Gasteiger partial charge in [-0.2, -0.15) is 9.61 Å². The maximum atomic E-state index is 12.5. The molecule has 1 saturated carbocycles. The van der Waals surface area contributed by atoms with E-state index in [4.69, 9.17) is 9.72 Å². The van der Waals surface area contributed by atoms with Crippen molar-refractivity contribution < 1.29 is 4.74 Å². The van der Waals surface area contributed by atoms with Crippen molar-refractivity contribution in [2.24, 2.45) is 0 Å². The number of aromatic nitrogens is 3. The molecule has 0 bridgehead atoms. The van der Waals surface area contributed by atoms with E-state index in [1.165, 1.54) is 22.9 Å². The van der Waals surface area contributed by atoms with E-state index in [1.807, 2.05) is 19.1 Å². The molecule has 2 aromatic heterocycles. The van der Waals surface area contributed by atoms with E-state index in [9.17, 15) is 4.79 Å². The van der Waals surface area contributed by atoms with E-state index in [0.717, 1.165) is 36.0 Å². The lowest BCUT2D eigenvalue weighted by Gasteiger charge is -2.21. The quantitative estimate of drug-likeness (QED) is 0.548. The SMILES string of the molecule is CCCN(Cc1ccc(OCC)cc1)Cc1cc(=O)n2nc(C3CC3)sc2n1. The summed E-state index contributed by atoms with van der Waals surface area (Å²) in [5.74, 6) is 1.43. The monoisotopic (exact) mass is 398 g/mol. The van der Waals surface area contributed by atoms with E-state index >= 15 is 0 Å². The summed E-state index contributed by atoms with van der Waals surface area (Å²) in [7, 11) is 0. The molecule has 2 heterocycles. The minimum Gasteiger partial charge on any atom is -0.494 e. The second-order valence-electron chi connectivity index (χ2n) is 7.28. The number of rotatable bonds is 9. The first-order valence-corrected chi connectivity index (χ1v) is 10.8. The van der Waals surface area contributed by atoms with Crippen LogP contribution in [0.25, 0.3) is 4.96 Å². The molecule has 0 atom stereocenters. The zero-order valence-electron chi connectivity index (χ0n) is 16.4. The third-order valence-electron chi connectivity index (χ3n) is 4.81. The van der Waals surface area contributed by atoms with Crippen molar-refractivity contribution in [3.63, 3.8) is 0 Å². The molecule has 7 heteroatoms. The Kier molecular flexibility index (Phi) is 5.73. The Morgan fingerprint density at radius 1 is 1.21 bits per heavy atom. The number of hydrogen-bond acceptors (Lipinski definition) is 6. The lowest BCUT2D eigenvalue weighted by molar-refractivity contribution is 0.254. The highest BCUT2D eigenvalue weighted by atomic mass is 32.1. The van der Waals surface area contributed by atoms with Crippen LogP contribution in [0.4, 0.5) is 0 Å². The molecule has 0 spiro atoms. The molecule has 0 amide bonds. The molecule has 28 heavy (non-hydrogen) atoms. The van der Waals surface area contributed by atoms with E-state index < -0.39 is 0 Å². The first kappa shape index (κ1) is 19.1. The van der Waals surface area contributed by atoms with Gasteiger partial charge in [-0.25, -0.2) is 4.98 Å². The molecule has 1 aromatic carbocycles. The highest BCUT2D eigenvalue weighted by Crippen LogP contribution is 2.41. The fraction of sp³-hybridized carbons (Fsp3) is 0.476. The zero-order chi connectivity index (χ0) is 19.5. The second kappa shape index (κ2) is 8.41. The fourth-order valence-electron chi connectivity index (χ4n) is 3.32. The second-order valence-corrected chi connectivity index (χ2v) is 8.27. The van der Waals surface area contributed by atoms with E-state index in [0.29, 0.717) is 24.0 Å². The van der Waals surface area contributed by atoms with E-state index in [1.54, 1.807) is 17.4 Å². The van der Waals surface area contributed by atoms with Gasteiger partial charge in [0.2, 0.25) is 4.96 Å². The Morgan fingerprint density at radius 2 is 2.00 bits per heavy atom. The predicted octanol–water partition coefficient (Wildman–Crippen LogP) is 3.84. The highest BCUT2D eigenvalue weighted by molar-refractivity contribution is 7.16. The van der Waals surface area contributed by atoms with Gasteiger partial charge >= 0.3 is 0 Å². The summed E-state index contributed by atoms with van der Waals surface area (Å²) >= 11 is 1.56. The summed E-state index contributed by atoms with van der Waals surface area (Å²) in [6.45, 7) is 7.25. The number of fused-ring (bicyclic) bond motifs is 1. The molecular formula is C21H26N4O2S. The van der Waals surface area contributed by atoms with Gasteiger partial charge in [-0.05, 0) is 50.4 Å². The molecule has 0 aliphatic heterocycles. The molecule has 1 aliphatic carbocycles. The van der Waals surface area contributed by atoms with Crippen LogP contribution in [0.15, 0.2) is 35.1 Å². The first-order valence-electron chi connectivity index (χ1n) is 10.00. The lowest BCUT2D eigenvalue weighted by Crippen LogP contribution is -2.26. The van der Waals surface area contributed by atoms with Gasteiger partial charge in [-0.1, -0.05) is 30.4 Å². The Morgan fingerprint density at radius 3 is 2.68 bits per heavy atom. The summed E-state index contributed by atoms with van der Waals surface area (Å²) in [6, 6.07) is 9.85. The summed E-state index contributed by atoms with van der Waals surface area (Å²) in [6.07, 6.45) is 3.40. The maximum absolute atomic E-state index is 12.5. The van der Waals surface area contributed by atoms with Crippen molar-refractivity contribution in [2.45, 2.75) is 52.1 Å². The van der Waals surface area contributed by atoms with Gasteiger partial charge in [0.25, 0.3) is 5.56 Å². The van der Waals surface area contributed by atoms with E-state index in [-0.39, 0.29) is 5.56 Å². The molecule has 0 radical (unpaired) electrons. The first-order chi connectivity index (χ1) is 13.7. The number of benzene rings is 1. The van der Waals surface area contributed by atoms with Crippen molar-refractivity contribution in [3.05, 3.63) is 57.0 Å². The molecule has 4 rings (SSSR count). The summed E-state index contributed by atoms with van der Waals surface area (Å²) < 4.78 is 6.98. The van der Waals surface area contributed by atoms with Crippen LogP contribution in [-0.4, -0.2) is 32.6 Å². The molecule has 0 unspecified atom stereocenters. The van der Waals surface area contributed by atoms with Crippen LogP contribution < -0.4 is 10.3 Å². The number of ether oxygens (including phenoxy) is 1. The molecule has 0 N–H and O–H groups in total. The van der Waals surface area contributed by atoms with Gasteiger partial charge in [0.1, 0.15) is 10.8 Å². The topological polar surface area (TPSA) is 59.7 Å². The average molecular weight is 399 g/mol. The molecular weight excluding hydrogens is 372 g/mol. The van der Waals surface area contributed by atoms with Gasteiger partial charge in [0, 0.05) is 25.1 Å². The van der Waals surface area contributed by atoms with Crippen molar-refractivity contribution in [2.75, 3.05) is 13.2 Å². The van der Waals surface area contributed by atoms with Crippen LogP contribution >= 0.6 is 11.3 Å². The van der Waals surface area contributed by atoms with Gasteiger partial charge in [0.15, 0.2) is 0 Å². The van der Waals surface area contributed by atoms with Crippen LogP contribution in [0.5, 0.6) is 5.75 Å². The number of hydrogen-bond donors (Lipinski definition) is 0. The van der Waals surface area contributed by atoms with Crippen LogP contribution in [0, 0.1) is 0 Å². The molecule has 1 aliphatic rings. The highest BCUT2D eigenvalue weighted by Gasteiger charge is 2.28. The Labute approximate surface area is 168 Å². The Balaban J connectivity index is 1.51. The summed E-state index contributed by atoms with van der Waals surface area (Å²) in [5.41, 5.74) is 1.96. The third kappa shape index (κ3) is 4.42. The number of nitrogens with zero attached hydrogens (tertiary/aromatic N) is 4. The van der Waals surface area contributed by atoms with Crippen LogP contribution in [-0.2, 0) is 13.1 Å². The van der Waals surface area contributed by atoms with Crippen LogP contribution in [0.1, 0.15) is 55.3 Å². The van der Waals surface area contributed by atoms with Gasteiger partial charge in [-0.15, -0.1) is 0 Å². The standard InChI is InChI=1S/C21H26N4O2S/c1-3-11-24(13-15-5-9-18(10-6-15)27-4-2)14-17-12-19(26)25-21(22-17)28-20(23-25)16-7-8-16/h5-6,9-10,12,16H,3-4,7-8,11,13-14H2,1-2H3. The van der Waals surface area contributed by atoms with Crippen molar-refractivity contribution in [1.82, 2.24) is 19.5 Å². The van der Waals surface area contributed by atoms with E-state index in [2.05, 4.69) is 29.1 Å². The minimum atomic E-state index is -0.0827. The molecule has 148 valence electrons. The smallest absolute Gasteiger partial charge is 0.275 e. The third-order valence-corrected chi connectivity index (χ3v) is 5.88. The normalized spacial score (nSPS) is 14.1. The zero-order valence-corrected chi connectivity index (χ0v) is 17.2. The van der Waals surface area contributed by atoms with Gasteiger partial charge in [-0.3, -0.25) is 9.69 Å². The van der Waals surface area contributed by atoms with Crippen molar-refractivity contribution >= 4 is 16.3 Å². The van der Waals surface area contributed by atoms with Gasteiger partial charge < -0.3 is 4.74 Å². The van der Waals surface area contributed by atoms with Crippen molar-refractivity contribution in [3.8, 4) is 5.75 Å². The largest absolute Gasteiger partial charge is 0.494 e. The molecule has 0 saturated heterocycles. The predicted molar refractivity (Wildman–Crippen MR) is 111 cm³/mol. The van der Waals surface area contributed by atoms with Crippen LogP contribution in [0.3, 0.4) is 0 Å². The van der Waals surface area contributed by atoms with Gasteiger partial charge in [0.05, 0.1) is 12.3 Å². The van der Waals surface area contributed by atoms with Crippen LogP contribution in [0.2, 0.25) is 0 Å². The molecule has 6 nitrogen and oxygen atoms in total. The minimum absolute atomic E-state index is 0.0827. The maximum Gasteiger partial charge on any atom is 0.275 e. The lowest BCUT2D eigenvalue weighted by atomic mass is 10.2. The molecule has 1 fully saturated rings. The molecule has 3 aromatic rings. The summed E-state index contributed by atoms with van der Waals surface area (Å²) in [5, 5.41) is 5.50. The summed E-state index contributed by atoms with van der Waals surface area (Å²) in [4.78, 5) is 20.3. The van der Waals surface area contributed by atoms with Crippen molar-refractivity contribution in [1.29, 1.82) is 0 Å².